The van der Waals surface area contributed by atoms with Gasteiger partial charge in [-0.25, -0.2) is 0 Å². The molecule has 0 aliphatic heterocycles. The second kappa shape index (κ2) is 8.16. The van der Waals surface area contributed by atoms with Crippen LogP contribution in [0.1, 0.15) is 5.56 Å². The van der Waals surface area contributed by atoms with Crippen molar-refractivity contribution in [2.24, 2.45) is 5.73 Å². The van der Waals surface area contributed by atoms with E-state index in [2.05, 4.69) is 45.2 Å². The lowest BCUT2D eigenvalue weighted by Gasteiger charge is -2.13. The molecule has 0 saturated carbocycles. The minimum absolute atomic E-state index is 0.209. The molecule has 0 saturated heterocycles. The number of hydrogen-bond acceptors (Lipinski definition) is 4. The molecule has 0 spiro atoms. The summed E-state index contributed by atoms with van der Waals surface area (Å²) < 4.78 is 8.34. The molecule has 2 aromatic carbocycles. The van der Waals surface area contributed by atoms with Gasteiger partial charge in [0, 0.05) is 0 Å². The lowest BCUT2D eigenvalue weighted by Crippen LogP contribution is -2.32. The van der Waals surface area contributed by atoms with Gasteiger partial charge in [0.2, 0.25) is 0 Å². The number of aliphatic carboxylic acids is 1. The standard InChI is InChI=1S/C15H12I3NO4/c16-9-6-8(1-2-13(9)20)23-14-10(17)3-7(4-11(14)18)5-12(19)15(21)22/h1-4,6,12,20H,5,19H2,(H,21,22)/t12-/m0/s1/i16-2. The maximum absolute atomic E-state index is 10.9. The van der Waals surface area contributed by atoms with Crippen LogP contribution in [-0.2, 0) is 11.2 Å². The zero-order chi connectivity index (χ0) is 17.1. The number of nitrogens with two attached hydrogens (primary N) is 1. The van der Waals surface area contributed by atoms with Crippen LogP contribution in [0.5, 0.6) is 17.2 Å². The van der Waals surface area contributed by atoms with E-state index in [0.29, 0.717) is 15.1 Å². The Morgan fingerprint density at radius 2 is 1.87 bits per heavy atom. The number of phenolic OH excluding ortho intramolecular Hbond substituents is 1. The first-order chi connectivity index (χ1) is 10.8. The van der Waals surface area contributed by atoms with Crippen molar-refractivity contribution in [3.05, 3.63) is 46.6 Å². The molecule has 0 radical (unpaired) electrons. The van der Waals surface area contributed by atoms with Crippen molar-refractivity contribution in [2.45, 2.75) is 12.5 Å². The average molecular weight is 649 g/mol. The van der Waals surface area contributed by atoms with Crippen LogP contribution in [0, 0.1) is 10.7 Å². The Morgan fingerprint density at radius 1 is 1.26 bits per heavy atom. The number of ether oxygens (including phenoxy) is 1. The van der Waals surface area contributed by atoms with E-state index in [9.17, 15) is 9.90 Å². The molecule has 0 aliphatic carbocycles. The van der Waals surface area contributed by atoms with E-state index in [-0.39, 0.29) is 12.2 Å². The average Bonchev–Trinajstić information content (AvgIpc) is 2.46. The van der Waals surface area contributed by atoms with E-state index in [4.69, 9.17) is 15.6 Å². The zero-order valence-electron chi connectivity index (χ0n) is 11.6. The molecule has 4 N–H and O–H groups in total. The van der Waals surface area contributed by atoms with Gasteiger partial charge in [0.15, 0.2) is 5.75 Å². The summed E-state index contributed by atoms with van der Waals surface area (Å²) >= 11 is 6.33. The van der Waals surface area contributed by atoms with Gasteiger partial charge in [0.05, 0.1) is 10.7 Å². The molecule has 0 amide bonds. The lowest BCUT2D eigenvalue weighted by molar-refractivity contribution is -0.138. The minimum atomic E-state index is -1.02. The molecule has 0 heterocycles. The molecule has 8 heteroatoms. The van der Waals surface area contributed by atoms with Gasteiger partial charge in [-0.3, -0.25) is 4.79 Å². The van der Waals surface area contributed by atoms with E-state index in [0.717, 1.165) is 12.7 Å². The summed E-state index contributed by atoms with van der Waals surface area (Å²) in [6, 6.07) is 7.83. The Kier molecular flexibility index (Phi) is 6.74. The molecular weight excluding hydrogens is 637 g/mol. The molecule has 0 aliphatic rings. The monoisotopic (exact) mass is 649 g/mol. The largest absolute Gasteiger partial charge is 0.507 e. The quantitative estimate of drug-likeness (QED) is 0.428. The topological polar surface area (TPSA) is 92.8 Å². The summed E-state index contributed by atoms with van der Waals surface area (Å²) in [4.78, 5) is 10.9. The van der Waals surface area contributed by atoms with Gasteiger partial charge in [-0.2, -0.15) is 0 Å². The summed E-state index contributed by atoms with van der Waals surface area (Å²) in [5, 5.41) is 18.5. The molecule has 5 nitrogen and oxygen atoms in total. The van der Waals surface area contributed by atoms with Gasteiger partial charge in [0.1, 0.15) is 17.5 Å². The van der Waals surface area contributed by atoms with E-state index >= 15 is 0 Å². The molecule has 1 atom stereocenters. The first-order valence-electron chi connectivity index (χ1n) is 6.40. The second-order valence-corrected chi connectivity index (χ2v) is 8.24. The van der Waals surface area contributed by atoms with Crippen molar-refractivity contribution in [2.75, 3.05) is 0 Å². The predicted molar refractivity (Wildman–Crippen MR) is 112 cm³/mol. The van der Waals surface area contributed by atoms with Crippen molar-refractivity contribution < 1.29 is 19.7 Å². The molecule has 23 heavy (non-hydrogen) atoms. The summed E-state index contributed by atoms with van der Waals surface area (Å²) in [7, 11) is 0. The first-order valence-corrected chi connectivity index (χ1v) is 9.64. The minimum Gasteiger partial charge on any atom is -0.507 e. The number of hydrogen-bond donors (Lipinski definition) is 3. The predicted octanol–water partition coefficient (Wildman–Crippen LogP) is 3.95. The highest BCUT2D eigenvalue weighted by Gasteiger charge is 2.16. The molecule has 2 aromatic rings. The van der Waals surface area contributed by atoms with Gasteiger partial charge in [-0.15, -0.1) is 0 Å². The fourth-order valence-electron chi connectivity index (χ4n) is 1.84. The molecule has 0 unspecified atom stereocenters. The summed E-state index contributed by atoms with van der Waals surface area (Å²) in [5.41, 5.74) is 6.43. The highest BCUT2D eigenvalue weighted by Crippen LogP contribution is 2.34. The first kappa shape index (κ1) is 19.0. The molecule has 0 bridgehead atoms. The van der Waals surface area contributed by atoms with Gasteiger partial charge in [0.25, 0.3) is 0 Å². The lowest BCUT2D eigenvalue weighted by atomic mass is 10.1. The van der Waals surface area contributed by atoms with Gasteiger partial charge >= 0.3 is 5.97 Å². The van der Waals surface area contributed by atoms with Crippen LogP contribution in [0.3, 0.4) is 0 Å². The van der Waals surface area contributed by atoms with Crippen LogP contribution in [0.25, 0.3) is 0 Å². The smallest absolute Gasteiger partial charge is 0.320 e. The Bertz CT molecular complexity index is 728. The number of carboxylic acid groups (broad SMARTS) is 1. The number of carboxylic acids is 1. The number of rotatable bonds is 5. The van der Waals surface area contributed by atoms with Crippen LogP contribution < -0.4 is 10.5 Å². The maximum atomic E-state index is 10.9. The highest BCUT2D eigenvalue weighted by atomic mass is 127. The van der Waals surface area contributed by atoms with E-state index in [1.807, 2.05) is 34.7 Å². The molecule has 0 aromatic heterocycles. The molecular formula is C15H12I3NO4. The van der Waals surface area contributed by atoms with Gasteiger partial charge in [-0.05, 0) is 110 Å². The maximum Gasteiger partial charge on any atom is 0.320 e. The van der Waals surface area contributed by atoms with Crippen molar-refractivity contribution in [1.29, 1.82) is 0 Å². The normalized spacial score (nSPS) is 12.0. The van der Waals surface area contributed by atoms with Crippen LogP contribution in [-0.4, -0.2) is 22.2 Å². The van der Waals surface area contributed by atoms with Crippen LogP contribution in [0.2, 0.25) is 0 Å². The van der Waals surface area contributed by atoms with Crippen molar-refractivity contribution in [3.63, 3.8) is 0 Å². The number of benzene rings is 2. The Labute approximate surface area is 174 Å². The third-order valence-corrected chi connectivity index (χ3v) is 5.44. The fourth-order valence-corrected chi connectivity index (χ4v) is 4.44. The fraction of sp³-hybridized carbons (Fsp3) is 0.133. The molecule has 122 valence electrons. The van der Waals surface area contributed by atoms with Crippen molar-refractivity contribution in [3.8, 4) is 17.2 Å². The third-order valence-electron chi connectivity index (χ3n) is 2.97. The Balaban J connectivity index is 2.26. The number of phenols is 1. The zero-order valence-corrected chi connectivity index (χ0v) is 18.1. The van der Waals surface area contributed by atoms with Gasteiger partial charge < -0.3 is 20.7 Å². The van der Waals surface area contributed by atoms with Crippen LogP contribution in [0.4, 0.5) is 0 Å². The number of aromatic hydroxyl groups is 1. The Morgan fingerprint density at radius 3 is 2.39 bits per heavy atom. The summed E-state index contributed by atoms with van der Waals surface area (Å²) in [6.45, 7) is 0. The van der Waals surface area contributed by atoms with Gasteiger partial charge in [-0.1, -0.05) is 0 Å². The van der Waals surface area contributed by atoms with E-state index in [1.165, 1.54) is 0 Å². The van der Waals surface area contributed by atoms with Crippen molar-refractivity contribution >= 4 is 73.7 Å². The number of halogens is 3. The Hall–Kier alpha value is -0.340. The van der Waals surface area contributed by atoms with Crippen LogP contribution in [0.15, 0.2) is 30.3 Å². The summed E-state index contributed by atoms with van der Waals surface area (Å²) in [6.07, 6.45) is 0.263. The van der Waals surface area contributed by atoms with Crippen molar-refractivity contribution in [1.82, 2.24) is 0 Å². The van der Waals surface area contributed by atoms with E-state index in [1.54, 1.807) is 18.2 Å². The second-order valence-electron chi connectivity index (χ2n) is 4.75. The highest BCUT2D eigenvalue weighted by molar-refractivity contribution is 14.1. The number of carbonyl (C=O) groups is 1. The third kappa shape index (κ3) is 5.06. The van der Waals surface area contributed by atoms with Crippen LogP contribution >= 0.6 is 67.8 Å². The summed E-state index contributed by atoms with van der Waals surface area (Å²) in [5.74, 6) is 0.507. The van der Waals surface area contributed by atoms with E-state index < -0.39 is 12.0 Å². The molecule has 0 fully saturated rings. The SMILES string of the molecule is N[C@@H](Cc1cc(I)c(Oc2ccc(O)c([125I])c2)c(I)c1)C(=O)O. The molecule has 2 rings (SSSR count).